The summed E-state index contributed by atoms with van der Waals surface area (Å²) in [6, 6.07) is 13.5. The average Bonchev–Trinajstić information content (AvgIpc) is 2.49. The lowest BCUT2D eigenvalue weighted by Crippen LogP contribution is -2.37. The number of pyridine rings is 1. The lowest BCUT2D eigenvalue weighted by molar-refractivity contribution is 0.371. The largest absolute Gasteiger partial charge is 0.320 e. The molecule has 106 valence electrons. The number of nitrogens with zero attached hydrogens (tertiary/aromatic N) is 1. The maximum absolute atomic E-state index is 12.9. The zero-order valence-electron chi connectivity index (χ0n) is 11.8. The van der Waals surface area contributed by atoms with Crippen LogP contribution in [0.4, 0.5) is 4.39 Å². The lowest BCUT2D eigenvalue weighted by Gasteiger charge is -2.27. The summed E-state index contributed by atoms with van der Waals surface area (Å²) in [4.78, 5) is 4.15. The SMILES string of the molecule is CCC(N)(CCCc1ccccc1)c1ccc(F)cn1. The highest BCUT2D eigenvalue weighted by atomic mass is 19.1. The van der Waals surface area contributed by atoms with Gasteiger partial charge < -0.3 is 5.73 Å². The first kappa shape index (κ1) is 14.7. The summed E-state index contributed by atoms with van der Waals surface area (Å²) in [5, 5.41) is 0. The van der Waals surface area contributed by atoms with E-state index in [2.05, 4.69) is 17.1 Å². The van der Waals surface area contributed by atoms with Crippen LogP contribution in [0.5, 0.6) is 0 Å². The summed E-state index contributed by atoms with van der Waals surface area (Å²) in [7, 11) is 0. The van der Waals surface area contributed by atoms with Gasteiger partial charge in [-0.25, -0.2) is 4.39 Å². The fourth-order valence-corrected chi connectivity index (χ4v) is 2.41. The van der Waals surface area contributed by atoms with Crippen molar-refractivity contribution in [3.8, 4) is 0 Å². The molecule has 2 nitrogen and oxygen atoms in total. The predicted octanol–water partition coefficient (Wildman–Crippen LogP) is 3.81. The van der Waals surface area contributed by atoms with Crippen molar-refractivity contribution in [1.29, 1.82) is 0 Å². The van der Waals surface area contributed by atoms with Crippen molar-refractivity contribution < 1.29 is 4.39 Å². The molecule has 0 amide bonds. The van der Waals surface area contributed by atoms with Gasteiger partial charge in [0.2, 0.25) is 0 Å². The van der Waals surface area contributed by atoms with Crippen LogP contribution in [0, 0.1) is 5.82 Å². The Balaban J connectivity index is 1.99. The maximum Gasteiger partial charge on any atom is 0.141 e. The molecule has 3 heteroatoms. The van der Waals surface area contributed by atoms with Crippen molar-refractivity contribution in [2.24, 2.45) is 5.73 Å². The van der Waals surface area contributed by atoms with E-state index in [1.54, 1.807) is 6.07 Å². The smallest absolute Gasteiger partial charge is 0.141 e. The van der Waals surface area contributed by atoms with E-state index in [0.717, 1.165) is 31.4 Å². The second kappa shape index (κ2) is 6.62. The van der Waals surface area contributed by atoms with Gasteiger partial charge in [-0.2, -0.15) is 0 Å². The Morgan fingerprint density at radius 1 is 1.15 bits per heavy atom. The Morgan fingerprint density at radius 2 is 1.90 bits per heavy atom. The Kier molecular flexibility index (Phi) is 4.85. The molecule has 2 rings (SSSR count). The van der Waals surface area contributed by atoms with Crippen LogP contribution in [0.1, 0.15) is 37.4 Å². The molecule has 0 aliphatic carbocycles. The molecule has 0 aliphatic heterocycles. The van der Waals surface area contributed by atoms with E-state index in [0.29, 0.717) is 0 Å². The molecule has 0 fully saturated rings. The van der Waals surface area contributed by atoms with E-state index in [4.69, 9.17) is 5.73 Å². The summed E-state index contributed by atoms with van der Waals surface area (Å²) < 4.78 is 12.9. The van der Waals surface area contributed by atoms with E-state index < -0.39 is 5.54 Å². The Hall–Kier alpha value is -1.74. The molecule has 1 aromatic carbocycles. The molecule has 0 spiro atoms. The van der Waals surface area contributed by atoms with Crippen molar-refractivity contribution in [2.75, 3.05) is 0 Å². The third kappa shape index (κ3) is 3.64. The number of rotatable bonds is 6. The molecule has 1 heterocycles. The third-order valence-corrected chi connectivity index (χ3v) is 3.80. The predicted molar refractivity (Wildman–Crippen MR) is 79.7 cm³/mol. The standard InChI is InChI=1S/C17H21FN2/c1-2-17(19,16-11-10-15(18)13-20-16)12-6-9-14-7-4-3-5-8-14/h3-5,7-8,10-11,13H,2,6,9,12,19H2,1H3. The highest BCUT2D eigenvalue weighted by Crippen LogP contribution is 2.26. The van der Waals surface area contributed by atoms with Gasteiger partial charge in [0.05, 0.1) is 17.4 Å². The second-order valence-electron chi connectivity index (χ2n) is 5.21. The molecule has 0 radical (unpaired) electrons. The van der Waals surface area contributed by atoms with Crippen molar-refractivity contribution in [2.45, 2.75) is 38.1 Å². The van der Waals surface area contributed by atoms with Crippen molar-refractivity contribution in [3.05, 3.63) is 65.7 Å². The van der Waals surface area contributed by atoms with Gasteiger partial charge in [-0.15, -0.1) is 0 Å². The van der Waals surface area contributed by atoms with Crippen molar-refractivity contribution in [1.82, 2.24) is 4.98 Å². The average molecular weight is 272 g/mol. The molecule has 20 heavy (non-hydrogen) atoms. The Bertz CT molecular complexity index is 524. The van der Waals surface area contributed by atoms with Gasteiger partial charge in [-0.1, -0.05) is 37.3 Å². The van der Waals surface area contributed by atoms with Gasteiger partial charge in [0.1, 0.15) is 5.82 Å². The van der Waals surface area contributed by atoms with Gasteiger partial charge in [-0.05, 0) is 43.4 Å². The minimum Gasteiger partial charge on any atom is -0.320 e. The first-order valence-corrected chi connectivity index (χ1v) is 7.09. The summed E-state index contributed by atoms with van der Waals surface area (Å²) >= 11 is 0. The van der Waals surface area contributed by atoms with Gasteiger partial charge in [-0.3, -0.25) is 4.98 Å². The Labute approximate surface area is 119 Å². The summed E-state index contributed by atoms with van der Waals surface area (Å²) in [5.41, 5.74) is 8.07. The minimum absolute atomic E-state index is 0.323. The van der Waals surface area contributed by atoms with Gasteiger partial charge in [0.15, 0.2) is 0 Å². The summed E-state index contributed by atoms with van der Waals surface area (Å²) in [5.74, 6) is -0.323. The number of halogens is 1. The molecule has 0 saturated carbocycles. The third-order valence-electron chi connectivity index (χ3n) is 3.80. The molecular formula is C17H21FN2. The first-order chi connectivity index (χ1) is 9.64. The number of aromatic nitrogens is 1. The van der Waals surface area contributed by atoms with Crippen LogP contribution in [-0.2, 0) is 12.0 Å². The molecule has 1 unspecified atom stereocenters. The Morgan fingerprint density at radius 3 is 2.50 bits per heavy atom. The minimum atomic E-state index is -0.470. The topological polar surface area (TPSA) is 38.9 Å². The van der Waals surface area contributed by atoms with Gasteiger partial charge >= 0.3 is 0 Å². The van der Waals surface area contributed by atoms with Crippen LogP contribution < -0.4 is 5.73 Å². The number of aryl methyl sites for hydroxylation is 1. The molecule has 0 saturated heterocycles. The molecule has 0 bridgehead atoms. The fourth-order valence-electron chi connectivity index (χ4n) is 2.41. The van der Waals surface area contributed by atoms with Crippen molar-refractivity contribution >= 4 is 0 Å². The molecular weight excluding hydrogens is 251 g/mol. The van der Waals surface area contributed by atoms with Crippen molar-refractivity contribution in [3.63, 3.8) is 0 Å². The number of hydrogen-bond acceptors (Lipinski definition) is 2. The number of benzene rings is 1. The summed E-state index contributed by atoms with van der Waals surface area (Å²) in [6.07, 6.45) is 4.87. The normalized spacial score (nSPS) is 13.9. The molecule has 0 aliphatic rings. The second-order valence-corrected chi connectivity index (χ2v) is 5.21. The monoisotopic (exact) mass is 272 g/mol. The van der Waals surface area contributed by atoms with Crippen LogP contribution in [0.25, 0.3) is 0 Å². The zero-order chi connectivity index (χ0) is 14.4. The zero-order valence-corrected chi connectivity index (χ0v) is 11.8. The van der Waals surface area contributed by atoms with Crippen LogP contribution in [0.2, 0.25) is 0 Å². The number of hydrogen-bond donors (Lipinski definition) is 1. The van der Waals surface area contributed by atoms with E-state index in [1.807, 2.05) is 25.1 Å². The molecule has 2 N–H and O–H groups in total. The lowest BCUT2D eigenvalue weighted by atomic mass is 9.86. The van der Waals surface area contributed by atoms with Crippen LogP contribution in [0.15, 0.2) is 48.7 Å². The molecule has 2 aromatic rings. The van der Waals surface area contributed by atoms with E-state index in [9.17, 15) is 4.39 Å². The maximum atomic E-state index is 12.9. The van der Waals surface area contributed by atoms with Crippen LogP contribution >= 0.6 is 0 Å². The van der Waals surface area contributed by atoms with Gasteiger partial charge in [0, 0.05) is 0 Å². The molecule has 1 aromatic heterocycles. The first-order valence-electron chi connectivity index (χ1n) is 7.09. The fraction of sp³-hybridized carbons (Fsp3) is 0.353. The highest BCUT2D eigenvalue weighted by Gasteiger charge is 2.26. The van der Waals surface area contributed by atoms with E-state index in [-0.39, 0.29) is 5.82 Å². The van der Waals surface area contributed by atoms with E-state index >= 15 is 0 Å². The highest BCUT2D eigenvalue weighted by molar-refractivity contribution is 5.17. The quantitative estimate of drug-likeness (QED) is 0.868. The summed E-state index contributed by atoms with van der Waals surface area (Å²) in [6.45, 7) is 2.05. The van der Waals surface area contributed by atoms with Gasteiger partial charge in [0.25, 0.3) is 0 Å². The van der Waals surface area contributed by atoms with E-state index in [1.165, 1.54) is 17.8 Å². The van der Waals surface area contributed by atoms with Crippen LogP contribution in [-0.4, -0.2) is 4.98 Å². The van der Waals surface area contributed by atoms with Crippen LogP contribution in [0.3, 0.4) is 0 Å². The number of nitrogens with two attached hydrogens (primary N) is 1. The molecule has 1 atom stereocenters.